The van der Waals surface area contributed by atoms with Gasteiger partial charge in [0.1, 0.15) is 0 Å². The van der Waals surface area contributed by atoms with E-state index in [4.69, 9.17) is 9.47 Å². The molecule has 0 aliphatic carbocycles. The SMILES string of the molecule is C=CCCCCCCCCC(=O)NCCOCCOCCNC(=O)CCCCCCCCC=C. The molecule has 0 bridgehead atoms. The molecule has 6 nitrogen and oxygen atoms in total. The van der Waals surface area contributed by atoms with Crippen molar-refractivity contribution < 1.29 is 19.1 Å². The summed E-state index contributed by atoms with van der Waals surface area (Å²) in [4.78, 5) is 23.6. The minimum atomic E-state index is 0.103. The van der Waals surface area contributed by atoms with Gasteiger partial charge in [-0.3, -0.25) is 9.59 Å². The third-order valence-electron chi connectivity index (χ3n) is 5.63. The molecular weight excluding hydrogens is 428 g/mol. The molecule has 2 amide bonds. The normalized spacial score (nSPS) is 10.7. The lowest BCUT2D eigenvalue weighted by Gasteiger charge is -2.08. The lowest BCUT2D eigenvalue weighted by Crippen LogP contribution is -2.28. The van der Waals surface area contributed by atoms with E-state index in [1.54, 1.807) is 0 Å². The van der Waals surface area contributed by atoms with Crippen LogP contribution in [0.2, 0.25) is 0 Å². The summed E-state index contributed by atoms with van der Waals surface area (Å²) >= 11 is 0. The molecule has 0 aromatic heterocycles. The van der Waals surface area contributed by atoms with E-state index in [0.717, 1.165) is 38.5 Å². The van der Waals surface area contributed by atoms with Crippen molar-refractivity contribution >= 4 is 11.8 Å². The third-order valence-corrected chi connectivity index (χ3v) is 5.63. The fraction of sp³-hybridized carbons (Fsp3) is 0.786. The number of nitrogens with one attached hydrogen (secondary N) is 2. The standard InChI is InChI=1S/C28H52N2O4/c1-3-5-7-9-11-13-15-17-19-27(31)29-21-23-33-25-26-34-24-22-30-28(32)20-18-16-14-12-10-8-6-4-2/h3-4H,1-2,5-26H2,(H,29,31)(H,30,32). The van der Waals surface area contributed by atoms with Gasteiger partial charge >= 0.3 is 0 Å². The first-order valence-corrected chi connectivity index (χ1v) is 13.6. The Morgan fingerprint density at radius 3 is 1.26 bits per heavy atom. The molecule has 0 saturated heterocycles. The van der Waals surface area contributed by atoms with Crippen LogP contribution in [0.4, 0.5) is 0 Å². The number of hydrogen-bond donors (Lipinski definition) is 2. The highest BCUT2D eigenvalue weighted by Gasteiger charge is 2.02. The molecule has 0 rings (SSSR count). The van der Waals surface area contributed by atoms with Crippen LogP contribution in [0.25, 0.3) is 0 Å². The Balaban J connectivity index is 3.25. The number of amides is 2. The molecule has 0 aliphatic heterocycles. The van der Waals surface area contributed by atoms with Crippen LogP contribution in [0.1, 0.15) is 103 Å². The van der Waals surface area contributed by atoms with Crippen molar-refractivity contribution in [1.29, 1.82) is 0 Å². The summed E-state index contributed by atoms with van der Waals surface area (Å²) in [6.07, 6.45) is 21.3. The molecule has 34 heavy (non-hydrogen) atoms. The summed E-state index contributed by atoms with van der Waals surface area (Å²) in [7, 11) is 0. The molecule has 0 aromatic rings. The van der Waals surface area contributed by atoms with E-state index < -0.39 is 0 Å². The maximum absolute atomic E-state index is 11.8. The molecule has 0 heterocycles. The highest BCUT2D eigenvalue weighted by atomic mass is 16.5. The van der Waals surface area contributed by atoms with Gasteiger partial charge in [-0.25, -0.2) is 0 Å². The molecule has 0 atom stereocenters. The number of allylic oxidation sites excluding steroid dienone is 2. The Kier molecular flexibility index (Phi) is 26.2. The van der Waals surface area contributed by atoms with E-state index >= 15 is 0 Å². The van der Waals surface area contributed by atoms with Crippen LogP contribution in [-0.2, 0) is 19.1 Å². The van der Waals surface area contributed by atoms with Gasteiger partial charge in [-0.1, -0.05) is 63.5 Å². The molecular formula is C28H52N2O4. The van der Waals surface area contributed by atoms with Crippen LogP contribution in [-0.4, -0.2) is 51.3 Å². The van der Waals surface area contributed by atoms with Crippen molar-refractivity contribution in [1.82, 2.24) is 10.6 Å². The lowest BCUT2D eigenvalue weighted by atomic mass is 10.1. The maximum Gasteiger partial charge on any atom is 0.220 e. The van der Waals surface area contributed by atoms with E-state index in [2.05, 4.69) is 23.8 Å². The Labute approximate surface area is 209 Å². The van der Waals surface area contributed by atoms with Gasteiger partial charge in [-0.15, -0.1) is 13.2 Å². The van der Waals surface area contributed by atoms with Crippen molar-refractivity contribution in [2.45, 2.75) is 103 Å². The Morgan fingerprint density at radius 1 is 0.529 bits per heavy atom. The average molecular weight is 481 g/mol. The summed E-state index contributed by atoms with van der Waals surface area (Å²) in [5, 5.41) is 5.79. The fourth-order valence-corrected chi connectivity index (χ4v) is 3.59. The van der Waals surface area contributed by atoms with Crippen LogP contribution in [0.3, 0.4) is 0 Å². The molecule has 2 N–H and O–H groups in total. The highest BCUT2D eigenvalue weighted by molar-refractivity contribution is 5.76. The van der Waals surface area contributed by atoms with Gasteiger partial charge in [0.25, 0.3) is 0 Å². The predicted molar refractivity (Wildman–Crippen MR) is 142 cm³/mol. The van der Waals surface area contributed by atoms with Gasteiger partial charge in [0.2, 0.25) is 11.8 Å². The van der Waals surface area contributed by atoms with Gasteiger partial charge in [0, 0.05) is 25.9 Å². The van der Waals surface area contributed by atoms with Crippen LogP contribution >= 0.6 is 0 Å². The highest BCUT2D eigenvalue weighted by Crippen LogP contribution is 2.09. The number of ether oxygens (including phenoxy) is 2. The first kappa shape index (κ1) is 32.3. The van der Waals surface area contributed by atoms with Crippen LogP contribution in [0.5, 0.6) is 0 Å². The summed E-state index contributed by atoms with van der Waals surface area (Å²) in [5.74, 6) is 0.205. The smallest absolute Gasteiger partial charge is 0.220 e. The van der Waals surface area contributed by atoms with Crippen molar-refractivity contribution in [2.75, 3.05) is 39.5 Å². The summed E-state index contributed by atoms with van der Waals surface area (Å²) in [5.41, 5.74) is 0. The van der Waals surface area contributed by atoms with E-state index in [9.17, 15) is 9.59 Å². The van der Waals surface area contributed by atoms with Gasteiger partial charge in [0.15, 0.2) is 0 Å². The average Bonchev–Trinajstić information content (AvgIpc) is 2.83. The zero-order valence-corrected chi connectivity index (χ0v) is 21.8. The monoisotopic (exact) mass is 480 g/mol. The molecule has 0 unspecified atom stereocenters. The second kappa shape index (κ2) is 27.6. The molecule has 0 saturated carbocycles. The lowest BCUT2D eigenvalue weighted by molar-refractivity contribution is -0.122. The summed E-state index contributed by atoms with van der Waals surface area (Å²) in [6.45, 7) is 10.5. The molecule has 0 fully saturated rings. The van der Waals surface area contributed by atoms with Crippen molar-refractivity contribution in [3.8, 4) is 0 Å². The third kappa shape index (κ3) is 26.6. The maximum atomic E-state index is 11.8. The minimum Gasteiger partial charge on any atom is -0.377 e. The van der Waals surface area contributed by atoms with E-state index in [-0.39, 0.29) is 11.8 Å². The molecule has 198 valence electrons. The predicted octanol–water partition coefficient (Wildman–Crippen LogP) is 5.87. The molecule has 0 radical (unpaired) electrons. The molecule has 0 aliphatic rings. The minimum absolute atomic E-state index is 0.103. The summed E-state index contributed by atoms with van der Waals surface area (Å²) in [6, 6.07) is 0. The van der Waals surface area contributed by atoms with Crippen LogP contribution in [0.15, 0.2) is 25.3 Å². The first-order chi connectivity index (χ1) is 16.7. The fourth-order valence-electron chi connectivity index (χ4n) is 3.59. The molecule has 6 heteroatoms. The van der Waals surface area contributed by atoms with Crippen molar-refractivity contribution in [3.05, 3.63) is 25.3 Å². The van der Waals surface area contributed by atoms with Crippen molar-refractivity contribution in [2.24, 2.45) is 0 Å². The Morgan fingerprint density at radius 2 is 0.882 bits per heavy atom. The van der Waals surface area contributed by atoms with E-state index in [0.29, 0.717) is 52.4 Å². The van der Waals surface area contributed by atoms with Gasteiger partial charge in [0.05, 0.1) is 26.4 Å². The first-order valence-electron chi connectivity index (χ1n) is 13.6. The van der Waals surface area contributed by atoms with Gasteiger partial charge in [-0.05, 0) is 38.5 Å². The van der Waals surface area contributed by atoms with Gasteiger partial charge < -0.3 is 20.1 Å². The van der Waals surface area contributed by atoms with E-state index in [1.807, 2.05) is 12.2 Å². The zero-order chi connectivity index (χ0) is 25.0. The van der Waals surface area contributed by atoms with Crippen LogP contribution < -0.4 is 10.6 Å². The van der Waals surface area contributed by atoms with Crippen LogP contribution in [0, 0.1) is 0 Å². The van der Waals surface area contributed by atoms with E-state index in [1.165, 1.54) is 51.4 Å². The Hall–Kier alpha value is -1.66. The zero-order valence-electron chi connectivity index (χ0n) is 21.8. The molecule has 0 spiro atoms. The van der Waals surface area contributed by atoms with Crippen molar-refractivity contribution in [3.63, 3.8) is 0 Å². The topological polar surface area (TPSA) is 76.7 Å². The number of carbonyl (C=O) groups excluding carboxylic acids is 2. The number of rotatable bonds is 27. The quantitative estimate of drug-likeness (QED) is 0.114. The summed E-state index contributed by atoms with van der Waals surface area (Å²) < 4.78 is 10.9. The molecule has 0 aromatic carbocycles. The number of carbonyl (C=O) groups is 2. The second-order valence-corrected chi connectivity index (χ2v) is 8.82. The number of unbranched alkanes of at least 4 members (excludes halogenated alkanes) is 12. The Bertz CT molecular complexity index is 453. The number of hydrogen-bond acceptors (Lipinski definition) is 4. The largest absolute Gasteiger partial charge is 0.377 e. The van der Waals surface area contributed by atoms with Gasteiger partial charge in [-0.2, -0.15) is 0 Å². The second-order valence-electron chi connectivity index (χ2n) is 8.82.